The number of amides is 1. The Bertz CT molecular complexity index is 221. The molecule has 0 radical (unpaired) electrons. The van der Waals surface area contributed by atoms with Gasteiger partial charge in [-0.15, -0.1) is 11.6 Å². The minimum Gasteiger partial charge on any atom is -0.344 e. The molecular formula is C10H14ClNO. The molecule has 0 aliphatic heterocycles. The van der Waals surface area contributed by atoms with Crippen molar-refractivity contribution in [3.63, 3.8) is 0 Å². The van der Waals surface area contributed by atoms with E-state index in [0.717, 1.165) is 12.0 Å². The van der Waals surface area contributed by atoms with Gasteiger partial charge in [0, 0.05) is 19.5 Å². The van der Waals surface area contributed by atoms with Crippen LogP contribution in [0.5, 0.6) is 0 Å². The molecule has 0 bridgehead atoms. The van der Waals surface area contributed by atoms with E-state index in [1.165, 1.54) is 0 Å². The lowest BCUT2D eigenvalue weighted by molar-refractivity contribution is -0.116. The molecule has 72 valence electrons. The van der Waals surface area contributed by atoms with Crippen molar-refractivity contribution < 1.29 is 4.79 Å². The molecule has 0 aromatic carbocycles. The molecule has 0 aromatic heterocycles. The van der Waals surface area contributed by atoms with Crippen LogP contribution in [0.2, 0.25) is 0 Å². The number of carbonyl (C=O) groups is 1. The zero-order valence-electron chi connectivity index (χ0n) is 7.74. The molecule has 0 saturated carbocycles. The minimum atomic E-state index is 0.472. The summed E-state index contributed by atoms with van der Waals surface area (Å²) in [5, 5.41) is 0. The average molecular weight is 200 g/mol. The van der Waals surface area contributed by atoms with Crippen molar-refractivity contribution in [1.82, 2.24) is 4.90 Å². The predicted molar refractivity (Wildman–Crippen MR) is 56.8 cm³/mol. The van der Waals surface area contributed by atoms with Crippen molar-refractivity contribution in [3.05, 3.63) is 36.5 Å². The molecule has 13 heavy (non-hydrogen) atoms. The Hall–Kier alpha value is -1.02. The number of rotatable bonds is 6. The van der Waals surface area contributed by atoms with Crippen molar-refractivity contribution in [2.45, 2.75) is 0 Å². The topological polar surface area (TPSA) is 20.3 Å². The summed E-state index contributed by atoms with van der Waals surface area (Å²) >= 11 is 5.49. The molecule has 0 unspecified atom stereocenters. The molecule has 0 spiro atoms. The third-order valence-electron chi connectivity index (χ3n) is 1.36. The Morgan fingerprint density at radius 1 is 1.62 bits per heavy atom. The van der Waals surface area contributed by atoms with Crippen molar-refractivity contribution in [3.8, 4) is 0 Å². The van der Waals surface area contributed by atoms with Crippen LogP contribution >= 0.6 is 11.6 Å². The highest BCUT2D eigenvalue weighted by Gasteiger charge is 1.95. The first-order chi connectivity index (χ1) is 6.24. The van der Waals surface area contributed by atoms with Crippen LogP contribution in [0.15, 0.2) is 36.5 Å². The Morgan fingerprint density at radius 3 is 2.77 bits per heavy atom. The molecule has 0 aliphatic carbocycles. The number of nitrogens with zero attached hydrogens (tertiary/aromatic N) is 1. The SMILES string of the molecule is C=C/C=C(\C=C/CCl)CN(C)C=O. The van der Waals surface area contributed by atoms with Crippen LogP contribution in [-0.4, -0.2) is 30.8 Å². The van der Waals surface area contributed by atoms with E-state index in [1.807, 2.05) is 18.2 Å². The number of likely N-dealkylation sites (N-methyl/N-ethyl adjacent to an activating group) is 1. The van der Waals surface area contributed by atoms with Gasteiger partial charge in [0.1, 0.15) is 0 Å². The van der Waals surface area contributed by atoms with Crippen LogP contribution in [0.3, 0.4) is 0 Å². The zero-order valence-corrected chi connectivity index (χ0v) is 8.50. The van der Waals surface area contributed by atoms with E-state index in [9.17, 15) is 4.79 Å². The Kier molecular flexibility index (Phi) is 7.02. The van der Waals surface area contributed by atoms with Gasteiger partial charge in [-0.3, -0.25) is 4.79 Å². The van der Waals surface area contributed by atoms with Gasteiger partial charge in [-0.2, -0.15) is 0 Å². The highest BCUT2D eigenvalue weighted by molar-refractivity contribution is 6.18. The molecule has 0 atom stereocenters. The van der Waals surface area contributed by atoms with Gasteiger partial charge in [-0.1, -0.05) is 30.9 Å². The van der Waals surface area contributed by atoms with E-state index < -0.39 is 0 Å². The summed E-state index contributed by atoms with van der Waals surface area (Å²) in [6.07, 6.45) is 8.03. The van der Waals surface area contributed by atoms with E-state index in [-0.39, 0.29) is 0 Å². The lowest BCUT2D eigenvalue weighted by atomic mass is 10.2. The lowest BCUT2D eigenvalue weighted by Crippen LogP contribution is -2.18. The summed E-state index contributed by atoms with van der Waals surface area (Å²) in [6.45, 7) is 4.16. The number of carbonyl (C=O) groups excluding carboxylic acids is 1. The summed E-state index contributed by atoms with van der Waals surface area (Å²) in [5.74, 6) is 0.472. The van der Waals surface area contributed by atoms with Gasteiger partial charge in [0.05, 0.1) is 0 Å². The Morgan fingerprint density at radius 2 is 2.31 bits per heavy atom. The van der Waals surface area contributed by atoms with Crippen LogP contribution < -0.4 is 0 Å². The number of hydrogen-bond acceptors (Lipinski definition) is 1. The smallest absolute Gasteiger partial charge is 0.209 e. The van der Waals surface area contributed by atoms with Gasteiger partial charge >= 0.3 is 0 Å². The fourth-order valence-electron chi connectivity index (χ4n) is 0.834. The van der Waals surface area contributed by atoms with E-state index in [2.05, 4.69) is 6.58 Å². The standard InChI is InChI=1S/C10H14ClNO/c1-3-5-10(6-4-7-11)8-12(2)9-13/h3-6,9H,1,7-8H2,2H3/b6-4-,10-5+. The third-order valence-corrected chi connectivity index (χ3v) is 1.54. The fourth-order valence-corrected chi connectivity index (χ4v) is 0.923. The van der Waals surface area contributed by atoms with Gasteiger partial charge in [0.25, 0.3) is 0 Å². The predicted octanol–water partition coefficient (Wildman–Crippen LogP) is 1.98. The third kappa shape index (κ3) is 6.17. The van der Waals surface area contributed by atoms with Gasteiger partial charge < -0.3 is 4.90 Å². The summed E-state index contributed by atoms with van der Waals surface area (Å²) in [7, 11) is 1.72. The maximum Gasteiger partial charge on any atom is 0.209 e. The van der Waals surface area contributed by atoms with Crippen molar-refractivity contribution in [2.75, 3.05) is 19.5 Å². The van der Waals surface area contributed by atoms with Gasteiger partial charge in [-0.05, 0) is 5.57 Å². The molecular weight excluding hydrogens is 186 g/mol. The van der Waals surface area contributed by atoms with Crippen molar-refractivity contribution in [1.29, 1.82) is 0 Å². The monoisotopic (exact) mass is 199 g/mol. The zero-order chi connectivity index (χ0) is 10.1. The molecule has 0 aromatic rings. The largest absolute Gasteiger partial charge is 0.344 e. The van der Waals surface area contributed by atoms with E-state index in [1.54, 1.807) is 18.0 Å². The average Bonchev–Trinajstić information content (AvgIpc) is 2.14. The van der Waals surface area contributed by atoms with E-state index >= 15 is 0 Å². The second-order valence-electron chi connectivity index (χ2n) is 2.55. The molecule has 0 saturated heterocycles. The lowest BCUT2D eigenvalue weighted by Gasteiger charge is -2.10. The Labute approximate surface area is 84.2 Å². The first-order valence-corrected chi connectivity index (χ1v) is 4.47. The molecule has 0 fully saturated rings. The quantitative estimate of drug-likeness (QED) is 0.364. The fraction of sp³-hybridized carbons (Fsp3) is 0.300. The summed E-state index contributed by atoms with van der Waals surface area (Å²) in [6, 6.07) is 0. The highest BCUT2D eigenvalue weighted by atomic mass is 35.5. The van der Waals surface area contributed by atoms with Crippen molar-refractivity contribution >= 4 is 18.0 Å². The number of allylic oxidation sites excluding steroid dienone is 3. The summed E-state index contributed by atoms with van der Waals surface area (Å²) in [5.41, 5.74) is 1.00. The van der Waals surface area contributed by atoms with Gasteiger partial charge in [0.2, 0.25) is 6.41 Å². The number of halogens is 1. The van der Waals surface area contributed by atoms with Crippen LogP contribution in [0, 0.1) is 0 Å². The minimum absolute atomic E-state index is 0.472. The maximum atomic E-state index is 10.3. The van der Waals surface area contributed by atoms with Crippen LogP contribution in [0.1, 0.15) is 0 Å². The molecule has 1 amide bonds. The molecule has 0 aliphatic rings. The van der Waals surface area contributed by atoms with Crippen molar-refractivity contribution in [2.24, 2.45) is 0 Å². The van der Waals surface area contributed by atoms with Crippen LogP contribution in [0.25, 0.3) is 0 Å². The maximum absolute atomic E-state index is 10.3. The van der Waals surface area contributed by atoms with E-state index in [0.29, 0.717) is 12.4 Å². The summed E-state index contributed by atoms with van der Waals surface area (Å²) in [4.78, 5) is 11.9. The number of hydrogen-bond donors (Lipinski definition) is 0. The second kappa shape index (κ2) is 7.62. The first-order valence-electron chi connectivity index (χ1n) is 3.94. The van der Waals surface area contributed by atoms with Gasteiger partial charge in [-0.25, -0.2) is 0 Å². The van der Waals surface area contributed by atoms with Crippen LogP contribution in [-0.2, 0) is 4.79 Å². The normalized spacial score (nSPS) is 11.7. The van der Waals surface area contributed by atoms with Gasteiger partial charge in [0.15, 0.2) is 0 Å². The van der Waals surface area contributed by atoms with Crippen LogP contribution in [0.4, 0.5) is 0 Å². The molecule has 0 heterocycles. The highest BCUT2D eigenvalue weighted by Crippen LogP contribution is 1.99. The molecule has 2 nitrogen and oxygen atoms in total. The summed E-state index contributed by atoms with van der Waals surface area (Å²) < 4.78 is 0. The first kappa shape index (κ1) is 12.0. The number of alkyl halides is 1. The molecule has 3 heteroatoms. The molecule has 0 N–H and O–H groups in total. The van der Waals surface area contributed by atoms with E-state index in [4.69, 9.17) is 11.6 Å². The Balaban J connectivity index is 4.26. The molecule has 0 rings (SSSR count). The second-order valence-corrected chi connectivity index (χ2v) is 2.86.